The van der Waals surface area contributed by atoms with Gasteiger partial charge in [0.25, 0.3) is 0 Å². The number of nitrogens with zero attached hydrogens (tertiary/aromatic N) is 3. The summed E-state index contributed by atoms with van der Waals surface area (Å²) in [5, 5.41) is 0. The van der Waals surface area contributed by atoms with Gasteiger partial charge >= 0.3 is 0 Å². The van der Waals surface area contributed by atoms with Gasteiger partial charge < -0.3 is 4.74 Å². The molecule has 0 amide bonds. The molecule has 0 spiro atoms. The second kappa shape index (κ2) is 8.23. The number of carbonyl (C=O) groups is 1. The molecule has 1 aromatic heterocycles. The summed E-state index contributed by atoms with van der Waals surface area (Å²) in [6.07, 6.45) is 5.82. The quantitative estimate of drug-likeness (QED) is 0.662. The normalized spacial score (nSPS) is 18.3. The van der Waals surface area contributed by atoms with E-state index in [-0.39, 0.29) is 23.6 Å². The Hall–Kier alpha value is -2.89. The molecule has 0 bridgehead atoms. The van der Waals surface area contributed by atoms with Gasteiger partial charge in [0, 0.05) is 30.2 Å². The van der Waals surface area contributed by atoms with Crippen LogP contribution in [-0.4, -0.2) is 35.5 Å². The van der Waals surface area contributed by atoms with Crippen molar-refractivity contribution in [3.05, 3.63) is 58.7 Å². The first-order valence-corrected chi connectivity index (χ1v) is 10.1. The van der Waals surface area contributed by atoms with Crippen molar-refractivity contribution in [3.8, 4) is 5.75 Å². The van der Waals surface area contributed by atoms with E-state index in [0.717, 1.165) is 35.4 Å². The van der Waals surface area contributed by atoms with Gasteiger partial charge in [0.2, 0.25) is 0 Å². The first-order valence-electron chi connectivity index (χ1n) is 10.1. The standard InChI is InChI=1S/C23H24FN3O2/c1-3-19-22(27-13-26-19)20-5-4-17(12-25-20)21(28)9-14(2)8-15-10-16-6-7-29-23(16)18(24)11-15/h4-5,10-14,19H,3,6-9H2,1-2H3. The zero-order valence-electron chi connectivity index (χ0n) is 16.7. The number of rotatable bonds is 7. The zero-order valence-corrected chi connectivity index (χ0v) is 16.7. The van der Waals surface area contributed by atoms with Gasteiger partial charge in [-0.25, -0.2) is 9.38 Å². The first kappa shape index (κ1) is 19.4. The minimum atomic E-state index is -0.308. The molecule has 0 fully saturated rings. The minimum absolute atomic E-state index is 0.0400. The van der Waals surface area contributed by atoms with E-state index in [1.54, 1.807) is 18.6 Å². The van der Waals surface area contributed by atoms with E-state index in [2.05, 4.69) is 21.9 Å². The Bertz CT molecular complexity index is 982. The highest BCUT2D eigenvalue weighted by Gasteiger charge is 2.21. The number of Topliss-reactive ketones (excluding diaryl/α,β-unsaturated/α-hetero) is 1. The molecule has 2 aliphatic rings. The summed E-state index contributed by atoms with van der Waals surface area (Å²) in [7, 11) is 0. The van der Waals surface area contributed by atoms with Gasteiger partial charge in [-0.1, -0.05) is 19.9 Å². The fourth-order valence-electron chi connectivity index (χ4n) is 3.93. The number of fused-ring (bicyclic) bond motifs is 1. The third-order valence-electron chi connectivity index (χ3n) is 5.41. The van der Waals surface area contributed by atoms with Gasteiger partial charge in [-0.05, 0) is 42.5 Å². The highest BCUT2D eigenvalue weighted by molar-refractivity contribution is 6.09. The van der Waals surface area contributed by atoms with Gasteiger partial charge in [0.15, 0.2) is 17.3 Å². The average Bonchev–Trinajstić information content (AvgIpc) is 3.37. The van der Waals surface area contributed by atoms with Crippen LogP contribution in [0.5, 0.6) is 5.75 Å². The molecule has 0 radical (unpaired) electrons. The summed E-state index contributed by atoms with van der Waals surface area (Å²) in [6.45, 7) is 4.60. The zero-order chi connectivity index (χ0) is 20.4. The smallest absolute Gasteiger partial charge is 0.165 e. The molecule has 0 N–H and O–H groups in total. The lowest BCUT2D eigenvalue weighted by Crippen LogP contribution is -2.17. The van der Waals surface area contributed by atoms with Gasteiger partial charge in [-0.2, -0.15) is 0 Å². The summed E-state index contributed by atoms with van der Waals surface area (Å²) in [5.74, 6) is 0.209. The van der Waals surface area contributed by atoms with Crippen molar-refractivity contribution in [2.45, 2.75) is 45.6 Å². The Morgan fingerprint density at radius 1 is 1.34 bits per heavy atom. The van der Waals surface area contributed by atoms with Gasteiger partial charge in [0.05, 0.1) is 24.1 Å². The molecule has 5 nitrogen and oxygen atoms in total. The lowest BCUT2D eigenvalue weighted by molar-refractivity contribution is 0.0964. The predicted molar refractivity (Wildman–Crippen MR) is 111 cm³/mol. The number of ketones is 1. The highest BCUT2D eigenvalue weighted by atomic mass is 19.1. The summed E-state index contributed by atoms with van der Waals surface area (Å²) in [4.78, 5) is 25.7. The lowest BCUT2D eigenvalue weighted by Gasteiger charge is -2.13. The largest absolute Gasteiger partial charge is 0.490 e. The topological polar surface area (TPSA) is 63.9 Å². The van der Waals surface area contributed by atoms with Crippen LogP contribution < -0.4 is 4.74 Å². The molecule has 2 aromatic rings. The van der Waals surface area contributed by atoms with E-state index in [0.29, 0.717) is 30.8 Å². The summed E-state index contributed by atoms with van der Waals surface area (Å²) in [6, 6.07) is 7.21. The predicted octanol–water partition coefficient (Wildman–Crippen LogP) is 4.22. The molecule has 0 saturated carbocycles. The fraction of sp³-hybridized carbons (Fsp3) is 0.391. The molecule has 0 saturated heterocycles. The molecule has 4 rings (SSSR count). The average molecular weight is 393 g/mol. The third-order valence-corrected chi connectivity index (χ3v) is 5.41. The Balaban J connectivity index is 1.38. The van der Waals surface area contributed by atoms with Crippen molar-refractivity contribution in [3.63, 3.8) is 0 Å². The number of aromatic nitrogens is 1. The van der Waals surface area contributed by atoms with E-state index in [1.807, 2.05) is 19.1 Å². The van der Waals surface area contributed by atoms with Crippen molar-refractivity contribution in [2.24, 2.45) is 15.9 Å². The van der Waals surface area contributed by atoms with Crippen LogP contribution in [-0.2, 0) is 12.8 Å². The van der Waals surface area contributed by atoms with E-state index < -0.39 is 0 Å². The maximum absolute atomic E-state index is 14.1. The summed E-state index contributed by atoms with van der Waals surface area (Å²) >= 11 is 0. The molecule has 150 valence electrons. The number of halogens is 1. The number of ether oxygens (including phenoxy) is 1. The van der Waals surface area contributed by atoms with Crippen LogP contribution in [0.2, 0.25) is 0 Å². The molecule has 6 heteroatoms. The maximum Gasteiger partial charge on any atom is 0.165 e. The molecule has 2 atom stereocenters. The summed E-state index contributed by atoms with van der Waals surface area (Å²) < 4.78 is 19.4. The minimum Gasteiger partial charge on any atom is -0.490 e. The van der Waals surface area contributed by atoms with E-state index in [9.17, 15) is 9.18 Å². The van der Waals surface area contributed by atoms with Crippen LogP contribution in [0, 0.1) is 11.7 Å². The Labute approximate surface area is 169 Å². The Morgan fingerprint density at radius 3 is 2.97 bits per heavy atom. The number of hydrogen-bond acceptors (Lipinski definition) is 5. The molecule has 29 heavy (non-hydrogen) atoms. The van der Waals surface area contributed by atoms with Crippen molar-refractivity contribution in [2.75, 3.05) is 6.61 Å². The Kier molecular flexibility index (Phi) is 5.51. The maximum atomic E-state index is 14.1. The van der Waals surface area contributed by atoms with Crippen LogP contribution in [0.15, 0.2) is 40.4 Å². The third kappa shape index (κ3) is 4.11. The van der Waals surface area contributed by atoms with Crippen molar-refractivity contribution in [1.82, 2.24) is 4.98 Å². The highest BCUT2D eigenvalue weighted by Crippen LogP contribution is 2.30. The van der Waals surface area contributed by atoms with Crippen molar-refractivity contribution in [1.29, 1.82) is 0 Å². The van der Waals surface area contributed by atoms with Crippen LogP contribution in [0.3, 0.4) is 0 Å². The van der Waals surface area contributed by atoms with Crippen LogP contribution in [0.1, 0.15) is 53.9 Å². The number of aliphatic imine (C=N–C) groups is 2. The number of hydrogen-bond donors (Lipinski definition) is 0. The molecule has 1 aromatic carbocycles. The number of carbonyl (C=O) groups excluding carboxylic acids is 1. The van der Waals surface area contributed by atoms with Crippen molar-refractivity contribution < 1.29 is 13.9 Å². The van der Waals surface area contributed by atoms with Gasteiger partial charge in [-0.15, -0.1) is 0 Å². The monoisotopic (exact) mass is 393 g/mol. The SMILES string of the molecule is CCC1N=CN=C1c1ccc(C(=O)CC(C)Cc2cc(F)c3c(c2)CCO3)cn1. The van der Waals surface area contributed by atoms with E-state index in [4.69, 9.17) is 4.74 Å². The van der Waals surface area contributed by atoms with Gasteiger partial charge in [-0.3, -0.25) is 14.8 Å². The molecular formula is C23H24FN3O2. The molecule has 2 aliphatic heterocycles. The lowest BCUT2D eigenvalue weighted by atomic mass is 9.93. The number of pyridine rings is 1. The molecule has 0 aliphatic carbocycles. The second-order valence-corrected chi connectivity index (χ2v) is 7.74. The van der Waals surface area contributed by atoms with Crippen LogP contribution in [0.4, 0.5) is 4.39 Å². The Morgan fingerprint density at radius 2 is 2.21 bits per heavy atom. The van der Waals surface area contributed by atoms with Crippen LogP contribution in [0.25, 0.3) is 0 Å². The fourth-order valence-corrected chi connectivity index (χ4v) is 3.93. The van der Waals surface area contributed by atoms with Crippen molar-refractivity contribution >= 4 is 17.8 Å². The second-order valence-electron chi connectivity index (χ2n) is 7.74. The molecule has 3 heterocycles. The van der Waals surface area contributed by atoms with Crippen LogP contribution >= 0.6 is 0 Å². The summed E-state index contributed by atoms with van der Waals surface area (Å²) in [5.41, 5.74) is 4.02. The molecule has 2 unspecified atom stereocenters. The van der Waals surface area contributed by atoms with E-state index >= 15 is 0 Å². The molecular weight excluding hydrogens is 369 g/mol. The van der Waals surface area contributed by atoms with E-state index in [1.165, 1.54) is 6.07 Å². The number of benzene rings is 1. The van der Waals surface area contributed by atoms with Gasteiger partial charge in [0.1, 0.15) is 6.34 Å². The first-order chi connectivity index (χ1) is 14.0.